The zero-order chi connectivity index (χ0) is 25.5. The number of Topliss-reactive ketones (excluding diaryl/α,β-unsaturated/α-hetero) is 1. The predicted octanol–water partition coefficient (Wildman–Crippen LogP) is 5.28. The molecule has 1 fully saturated rings. The molecule has 0 spiro atoms. The van der Waals surface area contributed by atoms with Gasteiger partial charge in [-0.2, -0.15) is 0 Å². The molecule has 7 heteroatoms. The van der Waals surface area contributed by atoms with Gasteiger partial charge in [0, 0.05) is 11.8 Å². The van der Waals surface area contributed by atoms with Gasteiger partial charge in [-0.25, -0.2) is 0 Å². The fourth-order valence-corrected chi connectivity index (χ4v) is 4.25. The Morgan fingerprint density at radius 3 is 2.33 bits per heavy atom. The van der Waals surface area contributed by atoms with Gasteiger partial charge in [0.1, 0.15) is 17.3 Å². The summed E-state index contributed by atoms with van der Waals surface area (Å²) in [4.78, 5) is 32.1. The van der Waals surface area contributed by atoms with Crippen molar-refractivity contribution >= 4 is 17.4 Å². The van der Waals surface area contributed by atoms with Crippen LogP contribution in [0.1, 0.15) is 49.0 Å². The molecule has 1 aliphatic heterocycles. The van der Waals surface area contributed by atoms with Crippen molar-refractivity contribution in [1.82, 2.24) is 9.88 Å². The number of unbranched alkanes of at least 4 members (excludes halogenated alkanes) is 2. The minimum atomic E-state index is -0.775. The Morgan fingerprint density at radius 2 is 1.69 bits per heavy atom. The zero-order valence-corrected chi connectivity index (χ0v) is 20.5. The molecule has 1 N–H and O–H groups in total. The lowest BCUT2D eigenvalue weighted by molar-refractivity contribution is -0.140. The first-order valence-electron chi connectivity index (χ1n) is 12.1. The van der Waals surface area contributed by atoms with Gasteiger partial charge in [0.2, 0.25) is 0 Å². The Balaban J connectivity index is 1.70. The summed E-state index contributed by atoms with van der Waals surface area (Å²) in [5.41, 5.74) is 1.80. The summed E-state index contributed by atoms with van der Waals surface area (Å²) in [6, 6.07) is 18.7. The number of aliphatic hydroxyl groups excluding tert-OH is 1. The molecule has 0 saturated carbocycles. The fraction of sp³-hybridized carbons (Fsp3) is 0.276. The number of hydrogen-bond acceptors (Lipinski definition) is 6. The summed E-state index contributed by atoms with van der Waals surface area (Å²) < 4.78 is 11.0. The van der Waals surface area contributed by atoms with E-state index in [-0.39, 0.29) is 17.9 Å². The normalized spacial score (nSPS) is 16.8. The maximum absolute atomic E-state index is 13.2. The molecular formula is C29H30N2O5. The van der Waals surface area contributed by atoms with Gasteiger partial charge in [0.05, 0.1) is 37.6 Å². The Bertz CT molecular complexity index is 1220. The maximum atomic E-state index is 13.2. The van der Waals surface area contributed by atoms with E-state index >= 15 is 0 Å². The number of benzene rings is 2. The molecule has 0 aliphatic carbocycles. The summed E-state index contributed by atoms with van der Waals surface area (Å²) in [5, 5.41) is 11.3. The number of likely N-dealkylation sites (tertiary alicyclic amines) is 1. The van der Waals surface area contributed by atoms with Gasteiger partial charge in [-0.15, -0.1) is 0 Å². The fourth-order valence-electron chi connectivity index (χ4n) is 4.25. The molecule has 186 valence electrons. The monoisotopic (exact) mass is 486 g/mol. The minimum absolute atomic E-state index is 0.0395. The van der Waals surface area contributed by atoms with Gasteiger partial charge in [-0.1, -0.05) is 38.0 Å². The van der Waals surface area contributed by atoms with Crippen molar-refractivity contribution in [2.75, 3.05) is 13.7 Å². The number of hydrogen-bond donors (Lipinski definition) is 1. The van der Waals surface area contributed by atoms with E-state index in [1.807, 2.05) is 6.07 Å². The summed E-state index contributed by atoms with van der Waals surface area (Å²) in [6.45, 7) is 2.88. The summed E-state index contributed by atoms with van der Waals surface area (Å²) >= 11 is 0. The van der Waals surface area contributed by atoms with Crippen molar-refractivity contribution < 1.29 is 24.2 Å². The molecule has 2 heterocycles. The minimum Gasteiger partial charge on any atom is -0.507 e. The Morgan fingerprint density at radius 1 is 0.972 bits per heavy atom. The number of amides is 1. The van der Waals surface area contributed by atoms with E-state index < -0.39 is 17.7 Å². The average molecular weight is 487 g/mol. The van der Waals surface area contributed by atoms with Crippen LogP contribution in [0.15, 0.2) is 78.5 Å². The van der Waals surface area contributed by atoms with E-state index in [9.17, 15) is 14.7 Å². The number of ketones is 1. The van der Waals surface area contributed by atoms with Crippen molar-refractivity contribution in [2.45, 2.75) is 38.8 Å². The van der Waals surface area contributed by atoms with E-state index in [2.05, 4.69) is 11.9 Å². The average Bonchev–Trinajstić information content (AvgIpc) is 3.16. The van der Waals surface area contributed by atoms with Crippen molar-refractivity contribution in [2.24, 2.45) is 0 Å². The molecule has 3 aromatic rings. The number of methoxy groups -OCH3 is 1. The highest BCUT2D eigenvalue weighted by Crippen LogP contribution is 2.40. The van der Waals surface area contributed by atoms with Crippen LogP contribution in [0.5, 0.6) is 11.5 Å². The largest absolute Gasteiger partial charge is 0.507 e. The van der Waals surface area contributed by atoms with E-state index in [1.54, 1.807) is 74.0 Å². The first-order valence-corrected chi connectivity index (χ1v) is 12.1. The van der Waals surface area contributed by atoms with E-state index in [1.165, 1.54) is 4.90 Å². The smallest absolute Gasteiger partial charge is 0.296 e. The van der Waals surface area contributed by atoms with Gasteiger partial charge < -0.3 is 19.5 Å². The third kappa shape index (κ3) is 5.40. The number of carbonyl (C=O) groups is 2. The van der Waals surface area contributed by atoms with Crippen molar-refractivity contribution in [3.05, 3.63) is 95.3 Å². The van der Waals surface area contributed by atoms with Gasteiger partial charge in [0.15, 0.2) is 0 Å². The Labute approximate surface area is 211 Å². The number of nitrogens with zero attached hydrogens (tertiary/aromatic N) is 2. The summed E-state index contributed by atoms with van der Waals surface area (Å²) in [5.74, 6) is -0.307. The van der Waals surface area contributed by atoms with Crippen molar-refractivity contribution in [3.8, 4) is 11.5 Å². The molecular weight excluding hydrogens is 456 g/mol. The number of ether oxygens (including phenoxy) is 2. The quantitative estimate of drug-likeness (QED) is 0.182. The number of pyridine rings is 1. The standard InChI is InChI=1S/C29H30N2O5/c1-3-4-7-18-36-24-15-11-21(12-16-24)27(32)25-26(20-9-13-23(35-2)14-10-20)31(29(34)28(25)33)19-22-8-5-6-17-30-22/h5-6,8-17,26,32H,3-4,7,18-19H2,1-2H3/b27-25+. The molecule has 1 unspecified atom stereocenters. The van der Waals surface area contributed by atoms with Gasteiger partial charge in [0.25, 0.3) is 11.7 Å². The van der Waals surface area contributed by atoms with Crippen LogP contribution in [-0.2, 0) is 16.1 Å². The molecule has 0 radical (unpaired) electrons. The molecule has 7 nitrogen and oxygen atoms in total. The highest BCUT2D eigenvalue weighted by molar-refractivity contribution is 6.46. The Kier molecular flexibility index (Phi) is 8.00. The number of rotatable bonds is 10. The Hall–Kier alpha value is -4.13. The molecule has 1 aliphatic rings. The second-order valence-electron chi connectivity index (χ2n) is 8.60. The van der Waals surface area contributed by atoms with Gasteiger partial charge >= 0.3 is 0 Å². The van der Waals surface area contributed by atoms with Crippen LogP contribution in [0.25, 0.3) is 5.76 Å². The number of aliphatic hydroxyl groups is 1. The third-order valence-electron chi connectivity index (χ3n) is 6.17. The van der Waals surface area contributed by atoms with Crippen LogP contribution in [0.2, 0.25) is 0 Å². The van der Waals surface area contributed by atoms with Crippen LogP contribution in [0.3, 0.4) is 0 Å². The summed E-state index contributed by atoms with van der Waals surface area (Å²) in [7, 11) is 1.57. The second-order valence-corrected chi connectivity index (χ2v) is 8.60. The summed E-state index contributed by atoms with van der Waals surface area (Å²) in [6.07, 6.45) is 4.83. The highest BCUT2D eigenvalue weighted by atomic mass is 16.5. The van der Waals surface area contributed by atoms with Crippen LogP contribution >= 0.6 is 0 Å². The molecule has 4 rings (SSSR count). The van der Waals surface area contributed by atoms with Crippen LogP contribution in [-0.4, -0.2) is 40.4 Å². The van der Waals surface area contributed by atoms with E-state index in [0.717, 1.165) is 19.3 Å². The molecule has 1 saturated heterocycles. The van der Waals surface area contributed by atoms with Gasteiger partial charge in [-0.3, -0.25) is 14.6 Å². The molecule has 1 amide bonds. The highest BCUT2D eigenvalue weighted by Gasteiger charge is 2.46. The van der Waals surface area contributed by atoms with Crippen LogP contribution in [0, 0.1) is 0 Å². The first-order chi connectivity index (χ1) is 17.5. The number of aromatic nitrogens is 1. The maximum Gasteiger partial charge on any atom is 0.296 e. The van der Waals surface area contributed by atoms with Gasteiger partial charge in [-0.05, 0) is 60.5 Å². The van der Waals surface area contributed by atoms with E-state index in [0.29, 0.717) is 34.9 Å². The molecule has 0 bridgehead atoms. The lowest BCUT2D eigenvalue weighted by Crippen LogP contribution is -2.29. The van der Waals surface area contributed by atoms with Crippen molar-refractivity contribution in [1.29, 1.82) is 0 Å². The first kappa shape index (κ1) is 25.0. The molecule has 2 aromatic carbocycles. The SMILES string of the molecule is CCCCCOc1ccc(/C(O)=C2\C(=O)C(=O)N(Cc3ccccn3)C2c2ccc(OC)cc2)cc1. The lowest BCUT2D eigenvalue weighted by Gasteiger charge is -2.25. The van der Waals surface area contributed by atoms with Crippen LogP contribution < -0.4 is 9.47 Å². The predicted molar refractivity (Wildman–Crippen MR) is 137 cm³/mol. The third-order valence-corrected chi connectivity index (χ3v) is 6.17. The number of carbonyl (C=O) groups excluding carboxylic acids is 2. The molecule has 36 heavy (non-hydrogen) atoms. The van der Waals surface area contributed by atoms with Crippen LogP contribution in [0.4, 0.5) is 0 Å². The molecule has 1 aromatic heterocycles. The lowest BCUT2D eigenvalue weighted by atomic mass is 9.95. The zero-order valence-electron chi connectivity index (χ0n) is 20.5. The topological polar surface area (TPSA) is 89.0 Å². The second kappa shape index (κ2) is 11.5. The van der Waals surface area contributed by atoms with E-state index in [4.69, 9.17) is 9.47 Å². The van der Waals surface area contributed by atoms with Crippen molar-refractivity contribution in [3.63, 3.8) is 0 Å². The molecule has 1 atom stereocenters.